The maximum atomic E-state index is 13.7. The number of benzene rings is 2. The molecule has 2 aromatic rings. The molecular formula is C25H31N3O5S. The van der Waals surface area contributed by atoms with Crippen LogP contribution >= 0.6 is 0 Å². The first kappa shape index (κ1) is 24.4. The van der Waals surface area contributed by atoms with Crippen molar-refractivity contribution < 1.29 is 22.7 Å². The molecule has 2 heterocycles. The van der Waals surface area contributed by atoms with Crippen LogP contribution in [0.15, 0.2) is 41.3 Å². The number of nitrogens with one attached hydrogen (secondary N) is 2. The van der Waals surface area contributed by atoms with Gasteiger partial charge in [-0.2, -0.15) is 4.31 Å². The highest BCUT2D eigenvalue weighted by Crippen LogP contribution is 2.28. The molecule has 0 aliphatic carbocycles. The van der Waals surface area contributed by atoms with Crippen LogP contribution in [0.4, 0.5) is 11.4 Å². The molecule has 0 bridgehead atoms. The molecule has 34 heavy (non-hydrogen) atoms. The maximum absolute atomic E-state index is 13.7. The Balaban J connectivity index is 1.59. The lowest BCUT2D eigenvalue weighted by atomic mass is 10.1. The van der Waals surface area contributed by atoms with Crippen molar-refractivity contribution in [3.8, 4) is 0 Å². The Bertz CT molecular complexity index is 1190. The Labute approximate surface area is 200 Å². The second-order valence-electron chi connectivity index (χ2n) is 8.95. The number of amides is 2. The molecule has 0 unspecified atom stereocenters. The summed E-state index contributed by atoms with van der Waals surface area (Å²) >= 11 is 0. The Kier molecular flexibility index (Phi) is 7.35. The molecule has 4 rings (SSSR count). The average molecular weight is 486 g/mol. The fourth-order valence-corrected chi connectivity index (χ4v) is 5.84. The molecule has 0 saturated carbocycles. The molecule has 9 heteroatoms. The van der Waals surface area contributed by atoms with Gasteiger partial charge in [0.1, 0.15) is 0 Å². The van der Waals surface area contributed by atoms with Crippen molar-refractivity contribution in [3.05, 3.63) is 53.1 Å². The van der Waals surface area contributed by atoms with E-state index in [1.807, 2.05) is 26.0 Å². The molecule has 1 atom stereocenters. The van der Waals surface area contributed by atoms with Gasteiger partial charge >= 0.3 is 0 Å². The number of aryl methyl sites for hydroxylation is 2. The summed E-state index contributed by atoms with van der Waals surface area (Å²) in [6.45, 7) is 4.26. The third-order valence-corrected chi connectivity index (χ3v) is 8.28. The van der Waals surface area contributed by atoms with Crippen LogP contribution in [0, 0.1) is 13.8 Å². The van der Waals surface area contributed by atoms with E-state index in [0.717, 1.165) is 29.5 Å². The number of carbonyl (C=O) groups excluding carboxylic acids is 2. The maximum Gasteiger partial charge on any atom is 0.243 e. The zero-order chi connectivity index (χ0) is 24.3. The minimum Gasteiger partial charge on any atom is -0.377 e. The number of anilines is 2. The highest BCUT2D eigenvalue weighted by atomic mass is 32.2. The van der Waals surface area contributed by atoms with Crippen LogP contribution in [0.25, 0.3) is 0 Å². The van der Waals surface area contributed by atoms with Crippen LogP contribution in [-0.4, -0.2) is 50.3 Å². The molecule has 2 aliphatic heterocycles. The van der Waals surface area contributed by atoms with E-state index < -0.39 is 15.9 Å². The van der Waals surface area contributed by atoms with Crippen molar-refractivity contribution in [1.82, 2.24) is 4.31 Å². The van der Waals surface area contributed by atoms with E-state index in [1.54, 1.807) is 18.2 Å². The van der Waals surface area contributed by atoms with Crippen LogP contribution < -0.4 is 10.6 Å². The number of sulfonamides is 1. The van der Waals surface area contributed by atoms with Gasteiger partial charge in [0.15, 0.2) is 0 Å². The van der Waals surface area contributed by atoms with Crippen LogP contribution in [0.1, 0.15) is 42.4 Å². The molecule has 0 aromatic heterocycles. The monoisotopic (exact) mass is 485 g/mol. The predicted molar refractivity (Wildman–Crippen MR) is 130 cm³/mol. The molecule has 8 nitrogen and oxygen atoms in total. The lowest BCUT2D eigenvalue weighted by molar-refractivity contribution is -0.117. The summed E-state index contributed by atoms with van der Waals surface area (Å²) in [5.41, 5.74) is 4.07. The molecule has 1 saturated heterocycles. The summed E-state index contributed by atoms with van der Waals surface area (Å²) in [7, 11) is -3.97. The van der Waals surface area contributed by atoms with Crippen molar-refractivity contribution in [3.63, 3.8) is 0 Å². The van der Waals surface area contributed by atoms with E-state index in [0.29, 0.717) is 37.2 Å². The van der Waals surface area contributed by atoms with Gasteiger partial charge < -0.3 is 15.4 Å². The zero-order valence-electron chi connectivity index (χ0n) is 19.6. The summed E-state index contributed by atoms with van der Waals surface area (Å²) in [6, 6.07) is 10.4. The van der Waals surface area contributed by atoms with E-state index in [1.165, 1.54) is 10.4 Å². The summed E-state index contributed by atoms with van der Waals surface area (Å²) in [6.07, 6.45) is 3.03. The van der Waals surface area contributed by atoms with E-state index in [2.05, 4.69) is 10.6 Å². The Hall–Kier alpha value is -2.75. The standard InChI is InChI=1S/C25H31N3O5S/c1-17-6-3-9-22(18(17)2)26-25(30)16-28(15-20-8-5-13-33-20)34(31,32)21-11-12-23-19(14-21)7-4-10-24(29)27-23/h3,6,9,11-12,14,20H,4-5,7-8,10,13,15-16H2,1-2H3,(H,26,30)(H,27,29)/t20-/m0/s1. The fraction of sp³-hybridized carbons (Fsp3) is 0.440. The van der Waals surface area contributed by atoms with Gasteiger partial charge in [0.05, 0.1) is 17.5 Å². The largest absolute Gasteiger partial charge is 0.377 e. The summed E-state index contributed by atoms with van der Waals surface area (Å²) in [4.78, 5) is 24.9. The van der Waals surface area contributed by atoms with Crippen LogP contribution in [0.5, 0.6) is 0 Å². The first-order valence-corrected chi connectivity index (χ1v) is 13.1. The zero-order valence-corrected chi connectivity index (χ0v) is 20.4. The molecule has 2 N–H and O–H groups in total. The van der Waals surface area contributed by atoms with Gasteiger partial charge in [0.2, 0.25) is 21.8 Å². The van der Waals surface area contributed by atoms with Gasteiger partial charge in [-0.1, -0.05) is 12.1 Å². The van der Waals surface area contributed by atoms with E-state index in [4.69, 9.17) is 4.74 Å². The lowest BCUT2D eigenvalue weighted by Gasteiger charge is -2.25. The number of carbonyl (C=O) groups is 2. The molecule has 0 radical (unpaired) electrons. The van der Waals surface area contributed by atoms with Gasteiger partial charge in [-0.05, 0) is 80.5 Å². The third kappa shape index (κ3) is 5.48. The van der Waals surface area contributed by atoms with E-state index in [9.17, 15) is 18.0 Å². The second kappa shape index (κ2) is 10.2. The summed E-state index contributed by atoms with van der Waals surface area (Å²) in [5.74, 6) is -0.477. The predicted octanol–water partition coefficient (Wildman–Crippen LogP) is 3.39. The normalized spacial score (nSPS) is 18.3. The van der Waals surface area contributed by atoms with Crippen molar-refractivity contribution in [2.75, 3.05) is 30.3 Å². The second-order valence-corrected chi connectivity index (χ2v) is 10.9. The highest BCUT2D eigenvalue weighted by Gasteiger charge is 2.31. The molecule has 182 valence electrons. The van der Waals surface area contributed by atoms with Gasteiger partial charge in [-0.15, -0.1) is 0 Å². The Morgan fingerprint density at radius 3 is 2.76 bits per heavy atom. The topological polar surface area (TPSA) is 105 Å². The SMILES string of the molecule is Cc1cccc(NC(=O)CN(C[C@@H]2CCCO2)S(=O)(=O)c2ccc3c(c2)CCCC(=O)N3)c1C. The first-order chi connectivity index (χ1) is 16.2. The van der Waals surface area contributed by atoms with Gasteiger partial charge in [0, 0.05) is 30.9 Å². The molecule has 2 aliphatic rings. The van der Waals surface area contributed by atoms with E-state index >= 15 is 0 Å². The van der Waals surface area contributed by atoms with Gasteiger partial charge in [-0.3, -0.25) is 9.59 Å². The van der Waals surface area contributed by atoms with Gasteiger partial charge in [0.25, 0.3) is 0 Å². The number of nitrogens with zero attached hydrogens (tertiary/aromatic N) is 1. The molecule has 2 aromatic carbocycles. The Morgan fingerprint density at radius 2 is 2.00 bits per heavy atom. The van der Waals surface area contributed by atoms with Crippen LogP contribution in [0.2, 0.25) is 0 Å². The third-order valence-electron chi connectivity index (χ3n) is 6.47. The van der Waals surface area contributed by atoms with Crippen molar-refractivity contribution in [1.29, 1.82) is 0 Å². The first-order valence-electron chi connectivity index (χ1n) is 11.6. The molecular weight excluding hydrogens is 454 g/mol. The smallest absolute Gasteiger partial charge is 0.243 e. The number of rotatable bonds is 7. The van der Waals surface area contributed by atoms with E-state index in [-0.39, 0.29) is 30.0 Å². The van der Waals surface area contributed by atoms with Crippen molar-refractivity contribution >= 4 is 33.2 Å². The number of ether oxygens (including phenoxy) is 1. The average Bonchev–Trinajstić information content (AvgIpc) is 3.23. The lowest BCUT2D eigenvalue weighted by Crippen LogP contribution is -2.42. The van der Waals surface area contributed by atoms with Crippen LogP contribution in [-0.2, 0) is 30.8 Å². The van der Waals surface area contributed by atoms with Gasteiger partial charge in [-0.25, -0.2) is 8.42 Å². The molecule has 0 spiro atoms. The summed E-state index contributed by atoms with van der Waals surface area (Å²) < 4.78 is 34.2. The fourth-order valence-electron chi connectivity index (χ4n) is 4.36. The minimum atomic E-state index is -3.97. The molecule has 2 amide bonds. The van der Waals surface area contributed by atoms with Crippen molar-refractivity contribution in [2.45, 2.75) is 57.0 Å². The van der Waals surface area contributed by atoms with Crippen LogP contribution in [0.3, 0.4) is 0 Å². The number of hydrogen-bond donors (Lipinski definition) is 2. The Morgan fingerprint density at radius 1 is 1.18 bits per heavy atom. The minimum absolute atomic E-state index is 0.0718. The number of hydrogen-bond acceptors (Lipinski definition) is 5. The molecule has 1 fully saturated rings. The number of fused-ring (bicyclic) bond motifs is 1. The van der Waals surface area contributed by atoms with Crippen molar-refractivity contribution in [2.24, 2.45) is 0 Å². The summed E-state index contributed by atoms with van der Waals surface area (Å²) in [5, 5.41) is 5.69. The highest BCUT2D eigenvalue weighted by molar-refractivity contribution is 7.89. The quantitative estimate of drug-likeness (QED) is 0.626.